The zero-order valence-corrected chi connectivity index (χ0v) is 13.2. The van der Waals surface area contributed by atoms with Gasteiger partial charge in [0, 0.05) is 38.1 Å². The van der Waals surface area contributed by atoms with Crippen molar-refractivity contribution in [3.8, 4) is 0 Å². The zero-order chi connectivity index (χ0) is 15.1. The SMILES string of the molecule is CCNc1ccncc1C(=O)N(CC)C(C)CN(C)C. The number of hydrogen-bond donors (Lipinski definition) is 1. The molecule has 1 heterocycles. The van der Waals surface area contributed by atoms with Crippen molar-refractivity contribution in [2.45, 2.75) is 26.8 Å². The van der Waals surface area contributed by atoms with Crippen LogP contribution < -0.4 is 5.32 Å². The van der Waals surface area contributed by atoms with E-state index in [0.717, 1.165) is 18.8 Å². The van der Waals surface area contributed by atoms with Crippen LogP contribution in [-0.2, 0) is 0 Å². The molecule has 1 unspecified atom stereocenters. The lowest BCUT2D eigenvalue weighted by Crippen LogP contribution is -2.43. The van der Waals surface area contributed by atoms with Gasteiger partial charge in [0.2, 0.25) is 0 Å². The van der Waals surface area contributed by atoms with E-state index in [2.05, 4.69) is 22.1 Å². The van der Waals surface area contributed by atoms with Crippen LogP contribution in [0.25, 0.3) is 0 Å². The van der Waals surface area contributed by atoms with Gasteiger partial charge in [-0.15, -0.1) is 0 Å². The summed E-state index contributed by atoms with van der Waals surface area (Å²) >= 11 is 0. The summed E-state index contributed by atoms with van der Waals surface area (Å²) in [5, 5.41) is 3.22. The number of anilines is 1. The molecule has 1 aromatic rings. The summed E-state index contributed by atoms with van der Waals surface area (Å²) < 4.78 is 0. The molecule has 0 aliphatic carbocycles. The van der Waals surface area contributed by atoms with E-state index in [1.165, 1.54) is 0 Å². The Bertz CT molecular complexity index is 434. The number of likely N-dealkylation sites (N-methyl/N-ethyl adjacent to an activating group) is 2. The van der Waals surface area contributed by atoms with Gasteiger partial charge in [0.25, 0.3) is 5.91 Å². The Labute approximate surface area is 122 Å². The molecular formula is C15H26N4O. The first-order chi connectivity index (χ1) is 9.51. The lowest BCUT2D eigenvalue weighted by molar-refractivity contribution is 0.0679. The standard InChI is InChI=1S/C15H26N4O/c1-6-17-14-8-9-16-10-13(14)15(20)19(7-2)12(3)11-18(4)5/h8-10,12H,6-7,11H2,1-5H3,(H,16,17). The number of nitrogens with one attached hydrogen (secondary N) is 1. The molecule has 0 aliphatic rings. The third kappa shape index (κ3) is 4.20. The topological polar surface area (TPSA) is 48.5 Å². The van der Waals surface area contributed by atoms with Gasteiger partial charge in [0.15, 0.2) is 0 Å². The van der Waals surface area contributed by atoms with Gasteiger partial charge >= 0.3 is 0 Å². The smallest absolute Gasteiger partial charge is 0.257 e. The monoisotopic (exact) mass is 278 g/mol. The molecular weight excluding hydrogens is 252 g/mol. The van der Waals surface area contributed by atoms with Gasteiger partial charge in [0.1, 0.15) is 0 Å². The van der Waals surface area contributed by atoms with E-state index in [9.17, 15) is 4.79 Å². The van der Waals surface area contributed by atoms with Gasteiger partial charge in [-0.05, 0) is 40.9 Å². The lowest BCUT2D eigenvalue weighted by Gasteiger charge is -2.30. The quantitative estimate of drug-likeness (QED) is 0.828. The van der Waals surface area contributed by atoms with Gasteiger partial charge in [-0.2, -0.15) is 0 Å². The normalized spacial score (nSPS) is 12.3. The molecule has 0 aliphatic heterocycles. The molecule has 0 fully saturated rings. The molecule has 0 radical (unpaired) electrons. The van der Waals surface area contributed by atoms with E-state index < -0.39 is 0 Å². The molecule has 0 saturated heterocycles. The van der Waals surface area contributed by atoms with Crippen molar-refractivity contribution in [3.05, 3.63) is 24.0 Å². The number of amides is 1. The van der Waals surface area contributed by atoms with Crippen LogP contribution in [0.4, 0.5) is 5.69 Å². The molecule has 1 rings (SSSR count). The summed E-state index contributed by atoms with van der Waals surface area (Å²) in [4.78, 5) is 20.8. The van der Waals surface area contributed by atoms with Gasteiger partial charge in [-0.3, -0.25) is 9.78 Å². The van der Waals surface area contributed by atoms with Crippen LogP contribution in [-0.4, -0.2) is 60.5 Å². The number of aromatic nitrogens is 1. The third-order valence-corrected chi connectivity index (χ3v) is 3.18. The third-order valence-electron chi connectivity index (χ3n) is 3.18. The van der Waals surface area contributed by atoms with Crippen molar-refractivity contribution in [1.82, 2.24) is 14.8 Å². The maximum absolute atomic E-state index is 12.7. The van der Waals surface area contributed by atoms with E-state index in [1.54, 1.807) is 12.4 Å². The van der Waals surface area contributed by atoms with Gasteiger partial charge < -0.3 is 15.1 Å². The van der Waals surface area contributed by atoms with E-state index in [-0.39, 0.29) is 11.9 Å². The van der Waals surface area contributed by atoms with Gasteiger partial charge in [0.05, 0.1) is 11.3 Å². The number of pyridine rings is 1. The van der Waals surface area contributed by atoms with Crippen LogP contribution in [0.5, 0.6) is 0 Å². The van der Waals surface area contributed by atoms with Gasteiger partial charge in [-0.25, -0.2) is 0 Å². The zero-order valence-electron chi connectivity index (χ0n) is 13.2. The summed E-state index contributed by atoms with van der Waals surface area (Å²) in [5.74, 6) is 0.0332. The summed E-state index contributed by atoms with van der Waals surface area (Å²) in [7, 11) is 4.03. The van der Waals surface area contributed by atoms with Crippen LogP contribution in [0.15, 0.2) is 18.5 Å². The number of carbonyl (C=O) groups excluding carboxylic acids is 1. The minimum atomic E-state index is 0.0332. The average molecular weight is 278 g/mol. The first kappa shape index (κ1) is 16.4. The van der Waals surface area contributed by atoms with Crippen LogP contribution in [0.2, 0.25) is 0 Å². The number of hydrogen-bond acceptors (Lipinski definition) is 4. The molecule has 5 nitrogen and oxygen atoms in total. The first-order valence-electron chi connectivity index (χ1n) is 7.14. The Kier molecular flexibility index (Phi) is 6.45. The maximum Gasteiger partial charge on any atom is 0.257 e. The highest BCUT2D eigenvalue weighted by molar-refractivity contribution is 5.99. The number of nitrogens with zero attached hydrogens (tertiary/aromatic N) is 3. The Balaban J connectivity index is 2.96. The van der Waals surface area contributed by atoms with E-state index >= 15 is 0 Å². The summed E-state index contributed by atoms with van der Waals surface area (Å²) in [6, 6.07) is 2.01. The number of carbonyl (C=O) groups is 1. The molecule has 1 atom stereocenters. The Hall–Kier alpha value is -1.62. The van der Waals surface area contributed by atoms with Crippen molar-refractivity contribution in [2.24, 2.45) is 0 Å². The van der Waals surface area contributed by atoms with Crippen molar-refractivity contribution in [1.29, 1.82) is 0 Å². The average Bonchev–Trinajstić information content (AvgIpc) is 2.39. The van der Waals surface area contributed by atoms with E-state index in [4.69, 9.17) is 0 Å². The first-order valence-corrected chi connectivity index (χ1v) is 7.14. The fourth-order valence-electron chi connectivity index (χ4n) is 2.35. The van der Waals surface area contributed by atoms with E-state index in [1.807, 2.05) is 38.9 Å². The van der Waals surface area contributed by atoms with Crippen molar-refractivity contribution in [2.75, 3.05) is 39.0 Å². The Morgan fingerprint density at radius 2 is 2.10 bits per heavy atom. The molecule has 1 N–H and O–H groups in total. The molecule has 0 saturated carbocycles. The molecule has 1 aromatic heterocycles. The molecule has 1 amide bonds. The van der Waals surface area contributed by atoms with Crippen LogP contribution >= 0.6 is 0 Å². The van der Waals surface area contributed by atoms with E-state index in [0.29, 0.717) is 12.1 Å². The minimum Gasteiger partial charge on any atom is -0.385 e. The lowest BCUT2D eigenvalue weighted by atomic mass is 10.1. The van der Waals surface area contributed by atoms with Crippen molar-refractivity contribution < 1.29 is 4.79 Å². The molecule has 0 aromatic carbocycles. The number of rotatable bonds is 7. The largest absolute Gasteiger partial charge is 0.385 e. The fourth-order valence-corrected chi connectivity index (χ4v) is 2.35. The fraction of sp³-hybridized carbons (Fsp3) is 0.600. The predicted molar refractivity (Wildman–Crippen MR) is 83.1 cm³/mol. The second kappa shape index (κ2) is 7.85. The van der Waals surface area contributed by atoms with Crippen molar-refractivity contribution >= 4 is 11.6 Å². The predicted octanol–water partition coefficient (Wildman–Crippen LogP) is 1.93. The van der Waals surface area contributed by atoms with Crippen LogP contribution in [0.3, 0.4) is 0 Å². The highest BCUT2D eigenvalue weighted by atomic mass is 16.2. The summed E-state index contributed by atoms with van der Waals surface area (Å²) in [6.07, 6.45) is 3.35. The summed E-state index contributed by atoms with van der Waals surface area (Å²) in [6.45, 7) is 8.41. The second-order valence-electron chi connectivity index (χ2n) is 5.15. The van der Waals surface area contributed by atoms with Gasteiger partial charge in [-0.1, -0.05) is 0 Å². The molecule has 112 valence electrons. The van der Waals surface area contributed by atoms with Crippen molar-refractivity contribution in [3.63, 3.8) is 0 Å². The molecule has 20 heavy (non-hydrogen) atoms. The molecule has 0 spiro atoms. The summed E-state index contributed by atoms with van der Waals surface area (Å²) in [5.41, 5.74) is 1.49. The maximum atomic E-state index is 12.7. The second-order valence-corrected chi connectivity index (χ2v) is 5.15. The molecule has 0 bridgehead atoms. The highest BCUT2D eigenvalue weighted by Gasteiger charge is 2.22. The van der Waals surface area contributed by atoms with Crippen LogP contribution in [0.1, 0.15) is 31.1 Å². The Morgan fingerprint density at radius 1 is 1.40 bits per heavy atom. The highest BCUT2D eigenvalue weighted by Crippen LogP contribution is 2.17. The van der Waals surface area contributed by atoms with Crippen LogP contribution in [0, 0.1) is 0 Å². The molecule has 5 heteroatoms. The minimum absolute atomic E-state index is 0.0332. The Morgan fingerprint density at radius 3 is 2.65 bits per heavy atom.